The van der Waals surface area contributed by atoms with Crippen LogP contribution in [0.2, 0.25) is 0 Å². The van der Waals surface area contributed by atoms with Crippen molar-refractivity contribution >= 4 is 38.8 Å². The van der Waals surface area contributed by atoms with E-state index in [0.29, 0.717) is 16.3 Å². The fourth-order valence-electron chi connectivity index (χ4n) is 3.44. The molecule has 0 bridgehead atoms. The Morgan fingerprint density at radius 1 is 1.13 bits per heavy atom. The monoisotopic (exact) mass is 417 g/mol. The number of carbonyl (C=O) groups excluding carboxylic acids is 1. The molecule has 0 unspecified atom stereocenters. The summed E-state index contributed by atoms with van der Waals surface area (Å²) in [6, 6.07) is 17.3. The molecule has 5 rings (SSSR count). The number of amides is 1. The Bertz CT molecular complexity index is 1280. The molecule has 1 amide bonds. The Morgan fingerprint density at radius 2 is 2.00 bits per heavy atom. The van der Waals surface area contributed by atoms with Crippen LogP contribution >= 0.6 is 11.3 Å². The van der Waals surface area contributed by atoms with Gasteiger partial charge in [0.1, 0.15) is 9.71 Å². The number of pyridine rings is 1. The van der Waals surface area contributed by atoms with Crippen LogP contribution in [0, 0.1) is 0 Å². The molecule has 0 atom stereocenters. The molecule has 0 saturated carbocycles. The number of fused-ring (bicyclic) bond motifs is 2. The van der Waals surface area contributed by atoms with Crippen molar-refractivity contribution in [1.29, 1.82) is 0 Å². The lowest BCUT2D eigenvalue weighted by atomic mass is 10.1. The maximum atomic E-state index is 12.8. The van der Waals surface area contributed by atoms with Crippen LogP contribution < -0.4 is 20.5 Å². The van der Waals surface area contributed by atoms with Gasteiger partial charge in [0.2, 0.25) is 6.79 Å². The summed E-state index contributed by atoms with van der Waals surface area (Å²) in [4.78, 5) is 18.8. The Hall–Kier alpha value is -3.58. The average molecular weight is 417 g/mol. The molecule has 7 heteroatoms. The number of aryl methyl sites for hydroxylation is 1. The van der Waals surface area contributed by atoms with Crippen molar-refractivity contribution in [2.45, 2.75) is 13.3 Å². The van der Waals surface area contributed by atoms with Gasteiger partial charge in [0.05, 0.1) is 11.4 Å². The van der Waals surface area contributed by atoms with Gasteiger partial charge in [-0.05, 0) is 54.4 Å². The van der Waals surface area contributed by atoms with Crippen molar-refractivity contribution in [3.05, 3.63) is 65.0 Å². The molecule has 0 radical (unpaired) electrons. The van der Waals surface area contributed by atoms with Crippen LogP contribution in [0.4, 0.5) is 11.4 Å². The quantitative estimate of drug-likeness (QED) is 0.483. The number of carbonyl (C=O) groups is 1. The van der Waals surface area contributed by atoms with Crippen molar-refractivity contribution in [2.24, 2.45) is 0 Å². The number of hydrogen-bond acceptors (Lipinski definition) is 6. The van der Waals surface area contributed by atoms with Crippen LogP contribution in [0.15, 0.2) is 54.6 Å². The highest BCUT2D eigenvalue weighted by Crippen LogP contribution is 2.38. The van der Waals surface area contributed by atoms with Gasteiger partial charge in [-0.15, -0.1) is 11.3 Å². The fraction of sp³-hybridized carbons (Fsp3) is 0.130. The van der Waals surface area contributed by atoms with E-state index in [9.17, 15) is 4.79 Å². The van der Waals surface area contributed by atoms with E-state index in [-0.39, 0.29) is 12.7 Å². The van der Waals surface area contributed by atoms with Crippen LogP contribution in [-0.2, 0) is 6.42 Å². The molecule has 2 aromatic heterocycles. The summed E-state index contributed by atoms with van der Waals surface area (Å²) in [6.07, 6.45) is 0.904. The number of nitrogen functional groups attached to an aromatic ring is 1. The molecular weight excluding hydrogens is 398 g/mol. The number of nitrogens with zero attached hydrogens (tertiary/aromatic N) is 1. The van der Waals surface area contributed by atoms with E-state index in [1.54, 1.807) is 0 Å². The fourth-order valence-corrected chi connectivity index (χ4v) is 4.43. The van der Waals surface area contributed by atoms with Crippen molar-refractivity contribution in [3.63, 3.8) is 0 Å². The molecule has 150 valence electrons. The first-order chi connectivity index (χ1) is 14.6. The zero-order chi connectivity index (χ0) is 20.7. The summed E-state index contributed by atoms with van der Waals surface area (Å²) in [5, 5.41) is 3.72. The molecule has 0 saturated heterocycles. The van der Waals surface area contributed by atoms with Gasteiger partial charge in [-0.1, -0.05) is 19.1 Å². The zero-order valence-electron chi connectivity index (χ0n) is 16.3. The summed E-state index contributed by atoms with van der Waals surface area (Å²) in [7, 11) is 0. The molecule has 0 spiro atoms. The Morgan fingerprint density at radius 3 is 2.87 bits per heavy atom. The second kappa shape index (κ2) is 7.35. The third-order valence-electron chi connectivity index (χ3n) is 5.06. The van der Waals surface area contributed by atoms with Crippen LogP contribution in [0.5, 0.6) is 11.5 Å². The number of nitrogens with two attached hydrogens (primary N) is 1. The molecule has 2 aromatic carbocycles. The first kappa shape index (κ1) is 18.4. The van der Waals surface area contributed by atoms with Crippen LogP contribution in [-0.4, -0.2) is 17.7 Å². The minimum atomic E-state index is -0.228. The van der Waals surface area contributed by atoms with Gasteiger partial charge in [0.25, 0.3) is 5.91 Å². The number of thiophene rings is 1. The van der Waals surface area contributed by atoms with Crippen molar-refractivity contribution < 1.29 is 14.3 Å². The van der Waals surface area contributed by atoms with Gasteiger partial charge in [-0.2, -0.15) is 0 Å². The van der Waals surface area contributed by atoms with E-state index < -0.39 is 0 Å². The van der Waals surface area contributed by atoms with E-state index in [1.165, 1.54) is 11.3 Å². The normalized spacial score (nSPS) is 12.3. The number of nitrogens with one attached hydrogen (secondary N) is 1. The Labute approximate surface area is 177 Å². The van der Waals surface area contributed by atoms with Crippen molar-refractivity contribution in [2.75, 3.05) is 17.8 Å². The maximum absolute atomic E-state index is 12.8. The highest BCUT2D eigenvalue weighted by molar-refractivity contribution is 7.21. The van der Waals surface area contributed by atoms with E-state index in [1.807, 2.05) is 54.6 Å². The number of hydrogen-bond donors (Lipinski definition) is 2. The van der Waals surface area contributed by atoms with Crippen molar-refractivity contribution in [1.82, 2.24) is 4.98 Å². The number of aromatic nitrogens is 1. The topological polar surface area (TPSA) is 86.5 Å². The minimum Gasteiger partial charge on any atom is -0.454 e. The lowest BCUT2D eigenvalue weighted by Gasteiger charge is -2.06. The molecule has 1 aliphatic rings. The lowest BCUT2D eigenvalue weighted by Crippen LogP contribution is -2.12. The first-order valence-corrected chi connectivity index (χ1v) is 10.4. The molecule has 30 heavy (non-hydrogen) atoms. The molecule has 3 heterocycles. The van der Waals surface area contributed by atoms with Crippen LogP contribution in [0.25, 0.3) is 21.5 Å². The van der Waals surface area contributed by atoms with Crippen molar-refractivity contribution in [3.8, 4) is 22.8 Å². The first-order valence-electron chi connectivity index (χ1n) is 9.61. The number of ether oxygens (including phenoxy) is 2. The molecule has 4 aromatic rings. The SMILES string of the molecule is CCc1cccc(NC(=O)c2sc3nc(-c4ccc5c(c4)OCO5)ccc3c2N)c1. The van der Waals surface area contributed by atoms with Gasteiger partial charge in [-0.25, -0.2) is 4.98 Å². The van der Waals surface area contributed by atoms with E-state index >= 15 is 0 Å². The lowest BCUT2D eigenvalue weighted by molar-refractivity contribution is 0.103. The summed E-state index contributed by atoms with van der Waals surface area (Å²) in [6.45, 7) is 2.31. The largest absolute Gasteiger partial charge is 0.454 e. The van der Waals surface area contributed by atoms with E-state index in [0.717, 1.165) is 44.9 Å². The van der Waals surface area contributed by atoms with E-state index in [2.05, 4.69) is 12.2 Å². The molecule has 1 aliphatic heterocycles. The number of rotatable bonds is 4. The molecule has 0 fully saturated rings. The number of benzene rings is 2. The van der Waals surface area contributed by atoms with Gasteiger partial charge >= 0.3 is 0 Å². The average Bonchev–Trinajstić information content (AvgIpc) is 3.37. The highest BCUT2D eigenvalue weighted by Gasteiger charge is 2.19. The third kappa shape index (κ3) is 3.23. The summed E-state index contributed by atoms with van der Waals surface area (Å²) in [5.74, 6) is 1.20. The second-order valence-corrected chi connectivity index (χ2v) is 7.97. The predicted molar refractivity (Wildman–Crippen MR) is 119 cm³/mol. The minimum absolute atomic E-state index is 0.228. The standard InChI is InChI=1S/C23H19N3O3S/c1-2-13-4-3-5-15(10-13)25-22(27)21-20(24)16-7-8-17(26-23(16)30-21)14-6-9-18-19(11-14)29-12-28-18/h3-11H,2,12,24H2,1H3,(H,25,27). The van der Waals surface area contributed by atoms with E-state index in [4.69, 9.17) is 20.2 Å². The van der Waals surface area contributed by atoms with Crippen LogP contribution in [0.1, 0.15) is 22.2 Å². The van der Waals surface area contributed by atoms with Gasteiger partial charge in [-0.3, -0.25) is 4.79 Å². The second-order valence-electron chi connectivity index (χ2n) is 6.97. The number of anilines is 2. The zero-order valence-corrected chi connectivity index (χ0v) is 17.1. The van der Waals surface area contributed by atoms with Gasteiger partial charge in [0, 0.05) is 16.6 Å². The summed E-state index contributed by atoms with van der Waals surface area (Å²) in [5.41, 5.74) is 10.3. The highest BCUT2D eigenvalue weighted by atomic mass is 32.1. The summed E-state index contributed by atoms with van der Waals surface area (Å²) < 4.78 is 10.8. The third-order valence-corrected chi connectivity index (χ3v) is 6.18. The van der Waals surface area contributed by atoms with Gasteiger partial charge in [0.15, 0.2) is 11.5 Å². The summed E-state index contributed by atoms with van der Waals surface area (Å²) >= 11 is 1.29. The Kier molecular flexibility index (Phi) is 4.52. The van der Waals surface area contributed by atoms with Crippen LogP contribution in [0.3, 0.4) is 0 Å². The smallest absolute Gasteiger partial charge is 0.267 e. The van der Waals surface area contributed by atoms with Gasteiger partial charge < -0.3 is 20.5 Å². The Balaban J connectivity index is 1.47. The molecule has 0 aliphatic carbocycles. The molecule has 6 nitrogen and oxygen atoms in total. The molecule has 3 N–H and O–H groups in total. The maximum Gasteiger partial charge on any atom is 0.267 e. The molecular formula is C23H19N3O3S. The predicted octanol–water partition coefficient (Wildman–Crippen LogP) is 5.09.